The number of halogens is 1. The van der Waals surface area contributed by atoms with E-state index < -0.39 is 0 Å². The van der Waals surface area contributed by atoms with Crippen molar-refractivity contribution in [2.24, 2.45) is 0 Å². The highest BCUT2D eigenvalue weighted by Crippen LogP contribution is 2.36. The Morgan fingerprint density at radius 3 is 2.50 bits per heavy atom. The molecule has 1 saturated carbocycles. The third kappa shape index (κ3) is 2.88. The fourth-order valence-corrected chi connectivity index (χ4v) is 2.92. The van der Waals surface area contributed by atoms with E-state index in [1.165, 1.54) is 6.42 Å². The summed E-state index contributed by atoms with van der Waals surface area (Å²) in [5.41, 5.74) is 6.22. The minimum absolute atomic E-state index is 0.0749. The molecule has 0 aromatic carbocycles. The lowest BCUT2D eigenvalue weighted by Crippen LogP contribution is -2.57. The fraction of sp³-hybridized carbons (Fsp3) is 0.571. The van der Waals surface area contributed by atoms with Crippen molar-refractivity contribution in [3.63, 3.8) is 0 Å². The van der Waals surface area contributed by atoms with E-state index in [1.54, 1.807) is 17.0 Å². The van der Waals surface area contributed by atoms with Crippen LogP contribution in [0.1, 0.15) is 29.6 Å². The van der Waals surface area contributed by atoms with Crippen LogP contribution in [0.15, 0.2) is 12.1 Å². The van der Waals surface area contributed by atoms with Crippen molar-refractivity contribution < 1.29 is 4.79 Å². The molecule has 1 aromatic heterocycles. The first kappa shape index (κ1) is 15.1. The molecule has 2 rings (SSSR count). The van der Waals surface area contributed by atoms with Gasteiger partial charge in [0.15, 0.2) is 0 Å². The molecule has 5 nitrogen and oxygen atoms in total. The van der Waals surface area contributed by atoms with E-state index in [4.69, 9.17) is 17.3 Å². The number of nitrogens with zero attached hydrogens (tertiary/aromatic N) is 3. The Labute approximate surface area is 124 Å². The van der Waals surface area contributed by atoms with Crippen molar-refractivity contribution >= 4 is 23.3 Å². The molecule has 2 N–H and O–H groups in total. The number of hydrogen-bond acceptors (Lipinski definition) is 4. The summed E-state index contributed by atoms with van der Waals surface area (Å²) in [5.74, 6) is 0.189. The number of hydrogen-bond donors (Lipinski definition) is 1. The Balaban J connectivity index is 2.12. The van der Waals surface area contributed by atoms with Gasteiger partial charge in [0.1, 0.15) is 11.0 Å². The number of carbonyl (C=O) groups is 1. The summed E-state index contributed by atoms with van der Waals surface area (Å²) in [4.78, 5) is 20.3. The van der Waals surface area contributed by atoms with Crippen LogP contribution in [-0.4, -0.2) is 53.9 Å². The van der Waals surface area contributed by atoms with Gasteiger partial charge in [-0.3, -0.25) is 4.79 Å². The second-order valence-electron chi connectivity index (χ2n) is 5.74. The molecule has 1 amide bonds. The summed E-state index contributed by atoms with van der Waals surface area (Å²) in [5, 5.41) is 0.243. The Morgan fingerprint density at radius 1 is 1.40 bits per heavy atom. The number of carbonyl (C=O) groups excluding carboxylic acids is 1. The molecule has 6 heteroatoms. The van der Waals surface area contributed by atoms with Gasteiger partial charge in [0.25, 0.3) is 5.91 Å². The van der Waals surface area contributed by atoms with Gasteiger partial charge in [0, 0.05) is 24.7 Å². The maximum absolute atomic E-state index is 12.5. The number of pyridine rings is 1. The zero-order valence-corrected chi connectivity index (χ0v) is 12.9. The monoisotopic (exact) mass is 296 g/mol. The molecule has 1 aromatic rings. The van der Waals surface area contributed by atoms with Crippen LogP contribution >= 0.6 is 11.6 Å². The standard InChI is InChI=1S/C14H21ClN4O/c1-18(2)14(5-4-6-14)9-19(3)13(20)10-7-11(15)17-12(16)8-10/h7-8H,4-6,9H2,1-3H3,(H2,16,17). The van der Waals surface area contributed by atoms with Crippen LogP contribution in [0, 0.1) is 0 Å². The van der Waals surface area contributed by atoms with Crippen LogP contribution < -0.4 is 5.73 Å². The maximum atomic E-state index is 12.5. The number of anilines is 1. The Hall–Kier alpha value is -1.33. The van der Waals surface area contributed by atoms with Crippen LogP contribution in [-0.2, 0) is 0 Å². The molecular formula is C14H21ClN4O. The molecule has 0 unspecified atom stereocenters. The molecule has 0 radical (unpaired) electrons. The Bertz CT molecular complexity index is 494. The maximum Gasteiger partial charge on any atom is 0.253 e. The van der Waals surface area contributed by atoms with Gasteiger partial charge in [-0.2, -0.15) is 0 Å². The molecule has 0 saturated heterocycles. The van der Waals surface area contributed by atoms with Crippen molar-refractivity contribution in [1.29, 1.82) is 0 Å². The quantitative estimate of drug-likeness (QED) is 0.862. The third-order valence-corrected chi connectivity index (χ3v) is 4.37. The zero-order chi connectivity index (χ0) is 14.9. The number of amides is 1. The minimum Gasteiger partial charge on any atom is -0.384 e. The second-order valence-corrected chi connectivity index (χ2v) is 6.12. The van der Waals surface area contributed by atoms with Crippen molar-refractivity contribution in [2.75, 3.05) is 33.4 Å². The zero-order valence-electron chi connectivity index (χ0n) is 12.2. The number of nitrogens with two attached hydrogens (primary N) is 1. The first-order valence-corrected chi connectivity index (χ1v) is 7.08. The van der Waals surface area contributed by atoms with Gasteiger partial charge in [-0.15, -0.1) is 0 Å². The van der Waals surface area contributed by atoms with Crippen LogP contribution in [0.2, 0.25) is 5.15 Å². The molecule has 110 valence electrons. The summed E-state index contributed by atoms with van der Waals surface area (Å²) in [6, 6.07) is 3.12. The lowest BCUT2D eigenvalue weighted by atomic mass is 9.75. The molecular weight excluding hydrogens is 276 g/mol. The topological polar surface area (TPSA) is 62.5 Å². The van der Waals surface area contributed by atoms with E-state index in [1.807, 2.05) is 7.05 Å². The van der Waals surface area contributed by atoms with Crippen LogP contribution in [0.3, 0.4) is 0 Å². The number of likely N-dealkylation sites (N-methyl/N-ethyl adjacent to an activating group) is 2. The average molecular weight is 297 g/mol. The first-order valence-electron chi connectivity index (χ1n) is 6.70. The second kappa shape index (κ2) is 5.58. The predicted octanol–water partition coefficient (Wildman–Crippen LogP) is 1.87. The van der Waals surface area contributed by atoms with Crippen LogP contribution in [0.4, 0.5) is 5.82 Å². The Morgan fingerprint density at radius 2 is 2.05 bits per heavy atom. The van der Waals surface area contributed by atoms with Gasteiger partial charge in [-0.05, 0) is 45.5 Å². The lowest BCUT2D eigenvalue weighted by Gasteiger charge is -2.49. The third-order valence-electron chi connectivity index (χ3n) is 4.17. The van der Waals surface area contributed by atoms with Gasteiger partial charge in [0.2, 0.25) is 0 Å². The van der Waals surface area contributed by atoms with E-state index in [-0.39, 0.29) is 22.4 Å². The minimum atomic E-state index is -0.0749. The molecule has 20 heavy (non-hydrogen) atoms. The summed E-state index contributed by atoms with van der Waals surface area (Å²) in [6.07, 6.45) is 3.46. The molecule has 1 aliphatic carbocycles. The highest BCUT2D eigenvalue weighted by Gasteiger charge is 2.40. The number of aromatic nitrogens is 1. The molecule has 0 aliphatic heterocycles. The molecule has 0 atom stereocenters. The molecule has 1 aliphatic rings. The van der Waals surface area contributed by atoms with E-state index in [9.17, 15) is 4.79 Å². The van der Waals surface area contributed by atoms with E-state index in [0.717, 1.165) is 12.8 Å². The molecule has 0 bridgehead atoms. The van der Waals surface area contributed by atoms with Gasteiger partial charge >= 0.3 is 0 Å². The highest BCUT2D eigenvalue weighted by molar-refractivity contribution is 6.29. The largest absolute Gasteiger partial charge is 0.384 e. The van der Waals surface area contributed by atoms with E-state index in [2.05, 4.69) is 24.0 Å². The van der Waals surface area contributed by atoms with Crippen LogP contribution in [0.5, 0.6) is 0 Å². The Kier molecular flexibility index (Phi) is 4.20. The first-order chi connectivity index (χ1) is 9.34. The summed E-state index contributed by atoms with van der Waals surface area (Å²) in [7, 11) is 5.95. The van der Waals surface area contributed by atoms with E-state index in [0.29, 0.717) is 12.1 Å². The van der Waals surface area contributed by atoms with Gasteiger partial charge in [0.05, 0.1) is 0 Å². The fourth-order valence-electron chi connectivity index (χ4n) is 2.71. The van der Waals surface area contributed by atoms with Crippen molar-refractivity contribution in [1.82, 2.24) is 14.8 Å². The van der Waals surface area contributed by atoms with Crippen molar-refractivity contribution in [3.05, 3.63) is 22.8 Å². The van der Waals surface area contributed by atoms with E-state index >= 15 is 0 Å². The SMILES string of the molecule is CN(CC1(N(C)C)CCC1)C(=O)c1cc(N)nc(Cl)c1. The highest BCUT2D eigenvalue weighted by atomic mass is 35.5. The average Bonchev–Trinajstić information content (AvgIpc) is 2.30. The van der Waals surface area contributed by atoms with Gasteiger partial charge in [-0.1, -0.05) is 11.6 Å². The summed E-state index contributed by atoms with van der Waals surface area (Å²) >= 11 is 5.85. The van der Waals surface area contributed by atoms with Gasteiger partial charge < -0.3 is 15.5 Å². The van der Waals surface area contributed by atoms with Crippen molar-refractivity contribution in [3.8, 4) is 0 Å². The van der Waals surface area contributed by atoms with Gasteiger partial charge in [-0.25, -0.2) is 4.98 Å². The summed E-state index contributed by atoms with van der Waals surface area (Å²) < 4.78 is 0. The molecule has 1 heterocycles. The number of nitrogen functional groups attached to an aromatic ring is 1. The summed E-state index contributed by atoms with van der Waals surface area (Å²) in [6.45, 7) is 0.707. The smallest absolute Gasteiger partial charge is 0.253 e. The molecule has 0 spiro atoms. The lowest BCUT2D eigenvalue weighted by molar-refractivity contribution is 0.0252. The predicted molar refractivity (Wildman–Crippen MR) is 80.9 cm³/mol. The van der Waals surface area contributed by atoms with Crippen LogP contribution in [0.25, 0.3) is 0 Å². The normalized spacial score (nSPS) is 16.9. The number of rotatable bonds is 4. The molecule has 1 fully saturated rings. The van der Waals surface area contributed by atoms with Crippen molar-refractivity contribution in [2.45, 2.75) is 24.8 Å².